The Hall–Kier alpha value is -0.895. The predicted octanol–water partition coefficient (Wildman–Crippen LogP) is 2.17. The minimum atomic E-state index is -2.38. The minimum absolute atomic E-state index is 0.255. The molecule has 0 heterocycles. The van der Waals surface area contributed by atoms with Crippen molar-refractivity contribution >= 4 is 7.27 Å². The van der Waals surface area contributed by atoms with Crippen molar-refractivity contribution in [3.05, 3.63) is 35.9 Å². The number of benzene rings is 1. The van der Waals surface area contributed by atoms with Crippen molar-refractivity contribution in [2.45, 2.75) is 6.61 Å². The van der Waals surface area contributed by atoms with E-state index in [9.17, 15) is 8.63 Å². The molecule has 0 aromatic heterocycles. The number of halogens is 2. The lowest BCUT2D eigenvalue weighted by atomic mass is 10.0. The zero-order valence-corrected chi connectivity index (χ0v) is 6.54. The van der Waals surface area contributed by atoms with Crippen molar-refractivity contribution in [1.29, 1.82) is 0 Å². The molecule has 0 fully saturated rings. The molecule has 0 amide bonds. The second-order valence-corrected chi connectivity index (χ2v) is 2.39. The third-order valence-corrected chi connectivity index (χ3v) is 1.36. The Bertz CT molecular complexity index is 216. The number of rotatable bonds is 4. The normalized spacial score (nSPS) is 9.83. The fourth-order valence-corrected chi connectivity index (χ4v) is 0.840. The Balaban J connectivity index is 2.25. The van der Waals surface area contributed by atoms with Crippen molar-refractivity contribution in [2.24, 2.45) is 0 Å². The van der Waals surface area contributed by atoms with Crippen molar-refractivity contribution in [2.75, 3.05) is 6.51 Å². The van der Waals surface area contributed by atoms with Crippen LogP contribution >= 0.6 is 0 Å². The second kappa shape index (κ2) is 4.88. The van der Waals surface area contributed by atoms with E-state index in [0.29, 0.717) is 0 Å². The Labute approximate surface area is 70.5 Å². The summed E-state index contributed by atoms with van der Waals surface area (Å²) < 4.78 is 28.0. The number of hydrogen-bond donors (Lipinski definition) is 0. The highest BCUT2D eigenvalue weighted by atomic mass is 19.2. The standard InChI is InChI=1S/C8H9BF2O/c10-9(11)7-12-6-8-4-2-1-3-5-8/h1-5H,6-7H2. The summed E-state index contributed by atoms with van der Waals surface area (Å²) in [6.45, 7) is -0.236. The zero-order chi connectivity index (χ0) is 8.81. The molecule has 1 aromatic rings. The highest BCUT2D eigenvalue weighted by Crippen LogP contribution is 2.00. The van der Waals surface area contributed by atoms with Crippen LogP contribution in [0.3, 0.4) is 0 Å². The van der Waals surface area contributed by atoms with Crippen LogP contribution in [0, 0.1) is 0 Å². The van der Waals surface area contributed by atoms with Crippen LogP contribution in [0.5, 0.6) is 0 Å². The molecule has 0 radical (unpaired) electrons. The molecule has 0 saturated carbocycles. The zero-order valence-electron chi connectivity index (χ0n) is 6.54. The first-order valence-corrected chi connectivity index (χ1v) is 3.69. The van der Waals surface area contributed by atoms with Gasteiger partial charge in [0.2, 0.25) is 0 Å². The lowest BCUT2D eigenvalue weighted by molar-refractivity contribution is 0.152. The maximum absolute atomic E-state index is 11.6. The van der Waals surface area contributed by atoms with Gasteiger partial charge in [-0.3, -0.25) is 8.63 Å². The van der Waals surface area contributed by atoms with Gasteiger partial charge in [-0.1, -0.05) is 30.3 Å². The maximum Gasteiger partial charge on any atom is 0.563 e. The van der Waals surface area contributed by atoms with Crippen molar-refractivity contribution in [3.8, 4) is 0 Å². The molecule has 1 nitrogen and oxygen atoms in total. The summed E-state index contributed by atoms with van der Waals surface area (Å²) in [5.41, 5.74) is 0.915. The highest BCUT2D eigenvalue weighted by molar-refractivity contribution is 6.42. The molecule has 12 heavy (non-hydrogen) atoms. The third-order valence-electron chi connectivity index (χ3n) is 1.36. The second-order valence-electron chi connectivity index (χ2n) is 2.39. The topological polar surface area (TPSA) is 9.23 Å². The van der Waals surface area contributed by atoms with Gasteiger partial charge >= 0.3 is 7.27 Å². The van der Waals surface area contributed by atoms with Gasteiger partial charge in [-0.05, 0) is 5.56 Å². The lowest BCUT2D eigenvalue weighted by Gasteiger charge is -2.00. The quantitative estimate of drug-likeness (QED) is 0.629. The van der Waals surface area contributed by atoms with Crippen LogP contribution in [-0.4, -0.2) is 13.8 Å². The molecule has 0 atom stereocenters. The van der Waals surface area contributed by atoms with Crippen molar-refractivity contribution in [3.63, 3.8) is 0 Å². The Morgan fingerprint density at radius 3 is 2.42 bits per heavy atom. The van der Waals surface area contributed by atoms with Crippen LogP contribution in [0.15, 0.2) is 30.3 Å². The summed E-state index contributed by atoms with van der Waals surface area (Å²) in [5.74, 6) is 0. The molecule has 4 heteroatoms. The molecule has 0 N–H and O–H groups in total. The van der Waals surface area contributed by atoms with Crippen molar-refractivity contribution < 1.29 is 13.4 Å². The molecule has 0 aliphatic heterocycles. The fraction of sp³-hybridized carbons (Fsp3) is 0.250. The van der Waals surface area contributed by atoms with Crippen LogP contribution < -0.4 is 0 Å². The summed E-state index contributed by atoms with van der Waals surface area (Å²) >= 11 is 0. The van der Waals surface area contributed by atoms with Gasteiger partial charge in [-0.25, -0.2) is 0 Å². The summed E-state index contributed by atoms with van der Waals surface area (Å²) in [6.07, 6.45) is 0. The van der Waals surface area contributed by atoms with Gasteiger partial charge in [0.25, 0.3) is 0 Å². The van der Waals surface area contributed by atoms with Gasteiger partial charge in [0.05, 0.1) is 13.1 Å². The molecule has 0 aliphatic rings. The predicted molar refractivity (Wildman–Crippen MR) is 44.1 cm³/mol. The van der Waals surface area contributed by atoms with E-state index >= 15 is 0 Å². The van der Waals surface area contributed by atoms with Gasteiger partial charge < -0.3 is 4.74 Å². The van der Waals surface area contributed by atoms with E-state index < -0.39 is 13.8 Å². The fourth-order valence-electron chi connectivity index (χ4n) is 0.840. The number of hydrogen-bond acceptors (Lipinski definition) is 1. The van der Waals surface area contributed by atoms with E-state index in [-0.39, 0.29) is 6.61 Å². The van der Waals surface area contributed by atoms with E-state index in [1.54, 1.807) is 0 Å². The molecule has 0 aliphatic carbocycles. The SMILES string of the molecule is FB(F)COCc1ccccc1. The first kappa shape index (κ1) is 9.19. The monoisotopic (exact) mass is 170 g/mol. The average Bonchev–Trinajstić information content (AvgIpc) is 2.05. The summed E-state index contributed by atoms with van der Waals surface area (Å²) in [6, 6.07) is 9.25. The highest BCUT2D eigenvalue weighted by Gasteiger charge is 2.11. The number of ether oxygens (including phenoxy) is 1. The molecule has 0 saturated heterocycles. The van der Waals surface area contributed by atoms with Crippen molar-refractivity contribution in [1.82, 2.24) is 0 Å². The van der Waals surface area contributed by atoms with Gasteiger partial charge in [-0.15, -0.1) is 0 Å². The average molecular weight is 170 g/mol. The molecule has 0 unspecified atom stereocenters. The molecule has 64 valence electrons. The van der Waals surface area contributed by atoms with Gasteiger partial charge in [0, 0.05) is 0 Å². The molecular formula is C8H9BF2O. The molecule has 1 rings (SSSR count). The van der Waals surface area contributed by atoms with E-state index in [1.807, 2.05) is 30.3 Å². The van der Waals surface area contributed by atoms with E-state index in [2.05, 4.69) is 0 Å². The molecule has 0 bridgehead atoms. The summed E-state index contributed by atoms with van der Waals surface area (Å²) in [5, 5.41) is 0. The Morgan fingerprint density at radius 1 is 1.17 bits per heavy atom. The van der Waals surface area contributed by atoms with E-state index in [1.165, 1.54) is 0 Å². The van der Waals surface area contributed by atoms with Gasteiger partial charge in [0.1, 0.15) is 0 Å². The lowest BCUT2D eigenvalue weighted by Crippen LogP contribution is -2.08. The van der Waals surface area contributed by atoms with E-state index in [0.717, 1.165) is 5.56 Å². The molecule has 1 aromatic carbocycles. The van der Waals surface area contributed by atoms with Crippen LogP contribution in [0.2, 0.25) is 0 Å². The van der Waals surface area contributed by atoms with Gasteiger partial charge in [0.15, 0.2) is 0 Å². The van der Waals surface area contributed by atoms with Gasteiger partial charge in [-0.2, -0.15) is 0 Å². The van der Waals surface area contributed by atoms with E-state index in [4.69, 9.17) is 4.74 Å². The first-order chi connectivity index (χ1) is 5.79. The summed E-state index contributed by atoms with van der Waals surface area (Å²) in [4.78, 5) is 0. The van der Waals surface area contributed by atoms with Crippen LogP contribution in [0.25, 0.3) is 0 Å². The maximum atomic E-state index is 11.6. The Morgan fingerprint density at radius 2 is 1.83 bits per heavy atom. The molecular weight excluding hydrogens is 161 g/mol. The molecule has 0 spiro atoms. The third kappa shape index (κ3) is 3.48. The summed E-state index contributed by atoms with van der Waals surface area (Å²) in [7, 11) is -2.38. The first-order valence-electron chi connectivity index (χ1n) is 3.69. The minimum Gasteiger partial charge on any atom is -0.378 e. The Kier molecular flexibility index (Phi) is 3.74. The van der Waals surface area contributed by atoms with Crippen LogP contribution in [0.1, 0.15) is 5.56 Å². The van der Waals surface area contributed by atoms with Crippen LogP contribution in [-0.2, 0) is 11.3 Å². The van der Waals surface area contributed by atoms with Crippen LogP contribution in [0.4, 0.5) is 8.63 Å². The largest absolute Gasteiger partial charge is 0.563 e. The smallest absolute Gasteiger partial charge is 0.378 e.